The highest BCUT2D eigenvalue weighted by molar-refractivity contribution is 7.10. The maximum absolute atomic E-state index is 13.1. The Kier molecular flexibility index (Phi) is 8.35. The van der Waals surface area contributed by atoms with E-state index in [4.69, 9.17) is 4.74 Å². The summed E-state index contributed by atoms with van der Waals surface area (Å²) in [6.07, 6.45) is 3.63. The van der Waals surface area contributed by atoms with E-state index in [1.807, 2.05) is 54.8 Å². The lowest BCUT2D eigenvalue weighted by Crippen LogP contribution is -2.36. The molecule has 0 aliphatic rings. The molecule has 0 radical (unpaired) electrons. The van der Waals surface area contributed by atoms with Crippen LogP contribution in [-0.4, -0.2) is 30.1 Å². The lowest BCUT2D eigenvalue weighted by Gasteiger charge is -2.17. The largest absolute Gasteiger partial charge is 0.383 e. The fraction of sp³-hybridized carbons (Fsp3) is 0.292. The molecule has 0 saturated heterocycles. The van der Waals surface area contributed by atoms with Crippen LogP contribution >= 0.6 is 11.3 Å². The van der Waals surface area contributed by atoms with Gasteiger partial charge in [-0.25, -0.2) is 0 Å². The molecule has 2 N–H and O–H groups in total. The topological polar surface area (TPSA) is 89.4 Å². The minimum absolute atomic E-state index is 0.0662. The van der Waals surface area contributed by atoms with Crippen LogP contribution in [0.3, 0.4) is 0 Å². The van der Waals surface area contributed by atoms with Gasteiger partial charge in [-0.2, -0.15) is 0 Å². The number of benzene rings is 1. The number of nitrogens with zero attached hydrogens (tertiary/aromatic N) is 1. The van der Waals surface area contributed by atoms with Gasteiger partial charge in [0.25, 0.3) is 11.8 Å². The SMILES string of the molecule is CC[C@@H](NC(=O)c1cn(CCOC)cc(C(=O)NCc2ccccc2)c1=O)c1cccs1. The second-order valence-electron chi connectivity index (χ2n) is 7.26. The van der Waals surface area contributed by atoms with Crippen molar-refractivity contribution in [1.82, 2.24) is 15.2 Å². The first-order valence-corrected chi connectivity index (χ1v) is 11.3. The number of hydrogen-bond donors (Lipinski definition) is 2. The third kappa shape index (κ3) is 5.93. The Morgan fingerprint density at radius 2 is 1.78 bits per heavy atom. The van der Waals surface area contributed by atoms with E-state index in [0.717, 1.165) is 10.4 Å². The van der Waals surface area contributed by atoms with Gasteiger partial charge in [0.05, 0.1) is 12.6 Å². The summed E-state index contributed by atoms with van der Waals surface area (Å²) in [6.45, 7) is 3.03. The summed E-state index contributed by atoms with van der Waals surface area (Å²) in [5.74, 6) is -1.02. The molecule has 2 amide bonds. The first-order chi connectivity index (χ1) is 15.5. The van der Waals surface area contributed by atoms with E-state index in [1.165, 1.54) is 12.4 Å². The number of pyridine rings is 1. The number of carbonyl (C=O) groups excluding carboxylic acids is 2. The Hall–Kier alpha value is -3.23. The first kappa shape index (κ1) is 23.4. The highest BCUT2D eigenvalue weighted by atomic mass is 32.1. The smallest absolute Gasteiger partial charge is 0.257 e. The van der Waals surface area contributed by atoms with E-state index in [0.29, 0.717) is 19.6 Å². The van der Waals surface area contributed by atoms with Gasteiger partial charge in [-0.05, 0) is 23.4 Å². The van der Waals surface area contributed by atoms with Gasteiger partial charge in [0.2, 0.25) is 5.43 Å². The molecular formula is C24H27N3O4S. The van der Waals surface area contributed by atoms with E-state index >= 15 is 0 Å². The minimum Gasteiger partial charge on any atom is -0.383 e. The van der Waals surface area contributed by atoms with Crippen LogP contribution in [0.2, 0.25) is 0 Å². The normalized spacial score (nSPS) is 11.7. The minimum atomic E-state index is -0.595. The zero-order valence-corrected chi connectivity index (χ0v) is 19.0. The molecular weight excluding hydrogens is 426 g/mol. The van der Waals surface area contributed by atoms with E-state index in [9.17, 15) is 14.4 Å². The van der Waals surface area contributed by atoms with Gasteiger partial charge < -0.3 is 19.9 Å². The van der Waals surface area contributed by atoms with Crippen LogP contribution in [0.15, 0.2) is 65.0 Å². The van der Waals surface area contributed by atoms with Gasteiger partial charge in [-0.3, -0.25) is 14.4 Å². The van der Waals surface area contributed by atoms with Crippen molar-refractivity contribution in [3.05, 3.63) is 92.0 Å². The first-order valence-electron chi connectivity index (χ1n) is 10.4. The van der Waals surface area contributed by atoms with E-state index in [2.05, 4.69) is 10.6 Å². The van der Waals surface area contributed by atoms with Gasteiger partial charge in [0.15, 0.2) is 0 Å². The number of ether oxygens (including phenoxy) is 1. The van der Waals surface area contributed by atoms with Crippen LogP contribution in [0.5, 0.6) is 0 Å². The zero-order valence-electron chi connectivity index (χ0n) is 18.2. The number of aromatic nitrogens is 1. The number of rotatable bonds is 10. The molecule has 1 aromatic carbocycles. The van der Waals surface area contributed by atoms with Crippen LogP contribution in [-0.2, 0) is 17.8 Å². The van der Waals surface area contributed by atoms with Gasteiger partial charge >= 0.3 is 0 Å². The second kappa shape index (κ2) is 11.4. The van der Waals surface area contributed by atoms with Crippen molar-refractivity contribution in [3.63, 3.8) is 0 Å². The third-order valence-corrected chi connectivity index (χ3v) is 6.00. The molecule has 3 rings (SSSR count). The molecule has 0 saturated carbocycles. The van der Waals surface area contributed by atoms with Crippen molar-refractivity contribution in [2.45, 2.75) is 32.5 Å². The quantitative estimate of drug-likeness (QED) is 0.493. The molecule has 8 heteroatoms. The van der Waals surface area contributed by atoms with E-state index in [-0.39, 0.29) is 23.7 Å². The Bertz CT molecular complexity index is 1090. The summed E-state index contributed by atoms with van der Waals surface area (Å²) in [4.78, 5) is 39.9. The third-order valence-electron chi connectivity index (χ3n) is 5.02. The molecule has 0 spiro atoms. The summed E-state index contributed by atoms with van der Waals surface area (Å²) < 4.78 is 6.76. The summed E-state index contributed by atoms with van der Waals surface area (Å²) >= 11 is 1.55. The van der Waals surface area contributed by atoms with Crippen LogP contribution in [0.25, 0.3) is 0 Å². The van der Waals surface area contributed by atoms with Crippen LogP contribution in [0.4, 0.5) is 0 Å². The van der Waals surface area contributed by atoms with Crippen molar-refractivity contribution < 1.29 is 14.3 Å². The number of nitrogens with one attached hydrogen (secondary N) is 2. The fourth-order valence-electron chi connectivity index (χ4n) is 3.25. The molecule has 0 unspecified atom stereocenters. The molecule has 0 aliphatic heterocycles. The molecule has 0 bridgehead atoms. The Morgan fingerprint density at radius 1 is 1.06 bits per heavy atom. The number of amides is 2. The molecule has 0 aliphatic carbocycles. The highest BCUT2D eigenvalue weighted by Gasteiger charge is 2.22. The average molecular weight is 454 g/mol. The number of methoxy groups -OCH3 is 1. The number of carbonyl (C=O) groups is 2. The number of thiophene rings is 1. The summed E-state index contributed by atoms with van der Waals surface area (Å²) in [5, 5.41) is 7.64. The molecule has 7 nitrogen and oxygen atoms in total. The van der Waals surface area contributed by atoms with Crippen LogP contribution in [0.1, 0.15) is 50.5 Å². The van der Waals surface area contributed by atoms with E-state index in [1.54, 1.807) is 23.0 Å². The maximum atomic E-state index is 13.1. The van der Waals surface area contributed by atoms with Crippen molar-refractivity contribution in [2.24, 2.45) is 0 Å². The molecule has 1 atom stereocenters. The van der Waals surface area contributed by atoms with Crippen LogP contribution in [0, 0.1) is 0 Å². The van der Waals surface area contributed by atoms with Crippen molar-refractivity contribution in [2.75, 3.05) is 13.7 Å². The molecule has 0 fully saturated rings. The standard InChI is InChI=1S/C24H27N3O4S/c1-3-20(21-10-7-13-32-21)26-24(30)19-16-27(11-12-31-2)15-18(22(19)28)23(29)25-14-17-8-5-4-6-9-17/h4-10,13,15-16,20H,3,11-12,14H2,1-2H3,(H,25,29)(H,26,30)/t20-/m1/s1. The zero-order chi connectivity index (χ0) is 22.9. The van der Waals surface area contributed by atoms with Crippen molar-refractivity contribution in [1.29, 1.82) is 0 Å². The molecule has 32 heavy (non-hydrogen) atoms. The molecule has 3 aromatic rings. The Morgan fingerprint density at radius 3 is 2.41 bits per heavy atom. The van der Waals surface area contributed by atoms with Gasteiger partial charge in [-0.15, -0.1) is 11.3 Å². The predicted molar refractivity (Wildman–Crippen MR) is 125 cm³/mol. The van der Waals surface area contributed by atoms with Crippen molar-refractivity contribution in [3.8, 4) is 0 Å². The van der Waals surface area contributed by atoms with Gasteiger partial charge in [0.1, 0.15) is 11.1 Å². The van der Waals surface area contributed by atoms with Gasteiger partial charge in [0, 0.05) is 37.5 Å². The fourth-order valence-corrected chi connectivity index (χ4v) is 4.12. The highest BCUT2D eigenvalue weighted by Crippen LogP contribution is 2.22. The Balaban J connectivity index is 1.86. The van der Waals surface area contributed by atoms with Crippen LogP contribution < -0.4 is 16.1 Å². The molecule has 168 valence electrons. The summed E-state index contributed by atoms with van der Waals surface area (Å²) in [5.41, 5.74) is 0.177. The lowest BCUT2D eigenvalue weighted by atomic mass is 10.1. The second-order valence-corrected chi connectivity index (χ2v) is 8.24. The monoisotopic (exact) mass is 453 g/mol. The number of hydrogen-bond acceptors (Lipinski definition) is 5. The average Bonchev–Trinajstić information content (AvgIpc) is 3.35. The molecule has 2 heterocycles. The maximum Gasteiger partial charge on any atom is 0.257 e. The van der Waals surface area contributed by atoms with Gasteiger partial charge in [-0.1, -0.05) is 43.3 Å². The Labute approximate surface area is 191 Å². The summed E-state index contributed by atoms with van der Waals surface area (Å²) in [7, 11) is 1.57. The summed E-state index contributed by atoms with van der Waals surface area (Å²) in [6, 6.07) is 13.1. The lowest BCUT2D eigenvalue weighted by molar-refractivity contribution is 0.0933. The van der Waals surface area contributed by atoms with Crippen molar-refractivity contribution >= 4 is 23.2 Å². The van der Waals surface area contributed by atoms with E-state index < -0.39 is 17.2 Å². The molecule has 2 aromatic heterocycles. The predicted octanol–water partition coefficient (Wildman–Crippen LogP) is 3.37.